The summed E-state index contributed by atoms with van der Waals surface area (Å²) in [6, 6.07) is 25.3. The second-order valence-electron chi connectivity index (χ2n) is 6.25. The number of amides is 1. The van der Waals surface area contributed by atoms with Gasteiger partial charge in [0.1, 0.15) is 5.82 Å². The average Bonchev–Trinajstić information content (AvgIpc) is 2.72. The fourth-order valence-electron chi connectivity index (χ4n) is 3.02. The lowest BCUT2D eigenvalue weighted by Gasteiger charge is -2.11. The zero-order valence-electron chi connectivity index (χ0n) is 14.5. The van der Waals surface area contributed by atoms with Crippen LogP contribution in [0.2, 0.25) is 0 Å². The summed E-state index contributed by atoms with van der Waals surface area (Å²) in [5, 5.41) is 3.42. The van der Waals surface area contributed by atoms with E-state index in [4.69, 9.17) is 0 Å². The number of aromatic nitrogens is 1. The van der Waals surface area contributed by atoms with E-state index in [1.165, 1.54) is 12.1 Å². The van der Waals surface area contributed by atoms with Crippen molar-refractivity contribution in [1.29, 1.82) is 0 Å². The Kier molecular flexibility index (Phi) is 4.62. The molecule has 0 fully saturated rings. The van der Waals surface area contributed by atoms with Gasteiger partial charge in [-0.1, -0.05) is 60.7 Å². The molecule has 4 heteroatoms. The van der Waals surface area contributed by atoms with Crippen molar-refractivity contribution in [3.63, 3.8) is 0 Å². The van der Waals surface area contributed by atoms with Crippen LogP contribution in [0.25, 0.3) is 22.2 Å². The largest absolute Gasteiger partial charge is 0.348 e. The van der Waals surface area contributed by atoms with Crippen LogP contribution in [0.4, 0.5) is 4.39 Å². The summed E-state index contributed by atoms with van der Waals surface area (Å²) >= 11 is 0. The fraction of sp³-hybridized carbons (Fsp3) is 0.0435. The van der Waals surface area contributed by atoms with Gasteiger partial charge >= 0.3 is 0 Å². The number of hydrogen-bond donors (Lipinski definition) is 1. The van der Waals surface area contributed by atoms with Crippen molar-refractivity contribution >= 4 is 16.8 Å². The van der Waals surface area contributed by atoms with Crippen molar-refractivity contribution in [2.45, 2.75) is 6.54 Å². The minimum absolute atomic E-state index is 0.256. The van der Waals surface area contributed by atoms with Crippen molar-refractivity contribution in [3.05, 3.63) is 102 Å². The van der Waals surface area contributed by atoms with Crippen LogP contribution >= 0.6 is 0 Å². The van der Waals surface area contributed by atoms with E-state index >= 15 is 0 Å². The van der Waals surface area contributed by atoms with Gasteiger partial charge in [-0.3, -0.25) is 4.79 Å². The molecule has 4 aromatic rings. The molecule has 0 bridgehead atoms. The van der Waals surface area contributed by atoms with E-state index in [0.29, 0.717) is 28.7 Å². The molecule has 0 radical (unpaired) electrons. The van der Waals surface area contributed by atoms with Crippen LogP contribution in [0.15, 0.2) is 84.9 Å². The quantitative estimate of drug-likeness (QED) is 0.561. The van der Waals surface area contributed by atoms with Gasteiger partial charge in [0.05, 0.1) is 16.8 Å². The SMILES string of the molecule is O=C(NCc1ccccc1)c1cc(-c2ccccc2)nc2ccc(F)cc12. The molecule has 0 saturated carbocycles. The zero-order valence-corrected chi connectivity index (χ0v) is 14.5. The molecule has 1 N–H and O–H groups in total. The third-order valence-electron chi connectivity index (χ3n) is 4.38. The Balaban J connectivity index is 1.75. The third-order valence-corrected chi connectivity index (χ3v) is 4.38. The van der Waals surface area contributed by atoms with Gasteiger partial charge in [-0.25, -0.2) is 9.37 Å². The first-order chi connectivity index (χ1) is 13.2. The minimum Gasteiger partial charge on any atom is -0.348 e. The predicted molar refractivity (Wildman–Crippen MR) is 105 cm³/mol. The van der Waals surface area contributed by atoms with Crippen LogP contribution in [0.1, 0.15) is 15.9 Å². The van der Waals surface area contributed by atoms with Gasteiger partial charge in [0, 0.05) is 17.5 Å². The first kappa shape index (κ1) is 16.9. The van der Waals surface area contributed by atoms with Crippen molar-refractivity contribution in [2.75, 3.05) is 0 Å². The number of carbonyl (C=O) groups is 1. The van der Waals surface area contributed by atoms with E-state index in [2.05, 4.69) is 10.3 Å². The molecule has 3 aromatic carbocycles. The molecule has 3 nitrogen and oxygen atoms in total. The van der Waals surface area contributed by atoms with Crippen LogP contribution in [-0.2, 0) is 6.54 Å². The van der Waals surface area contributed by atoms with Gasteiger partial charge in [0.25, 0.3) is 5.91 Å². The third kappa shape index (κ3) is 3.70. The first-order valence-electron chi connectivity index (χ1n) is 8.68. The number of halogens is 1. The Morgan fingerprint density at radius 1 is 0.889 bits per heavy atom. The molecular formula is C23H17FN2O. The van der Waals surface area contributed by atoms with Gasteiger partial charge in [-0.15, -0.1) is 0 Å². The molecule has 132 valence electrons. The summed E-state index contributed by atoms with van der Waals surface area (Å²) < 4.78 is 13.8. The number of nitrogens with zero attached hydrogens (tertiary/aromatic N) is 1. The second-order valence-corrected chi connectivity index (χ2v) is 6.25. The monoisotopic (exact) mass is 356 g/mol. The minimum atomic E-state index is -0.395. The molecule has 27 heavy (non-hydrogen) atoms. The predicted octanol–water partition coefficient (Wildman–Crippen LogP) is 4.97. The van der Waals surface area contributed by atoms with Crippen LogP contribution in [0.5, 0.6) is 0 Å². The van der Waals surface area contributed by atoms with Crippen LogP contribution in [0.3, 0.4) is 0 Å². The van der Waals surface area contributed by atoms with Crippen molar-refractivity contribution < 1.29 is 9.18 Å². The molecule has 0 spiro atoms. The van der Waals surface area contributed by atoms with Crippen molar-refractivity contribution in [2.24, 2.45) is 0 Å². The van der Waals surface area contributed by atoms with Gasteiger partial charge in [-0.2, -0.15) is 0 Å². The summed E-state index contributed by atoms with van der Waals surface area (Å²) in [4.78, 5) is 17.5. The maximum absolute atomic E-state index is 13.8. The van der Waals surface area contributed by atoms with E-state index in [1.807, 2.05) is 60.7 Å². The standard InChI is InChI=1S/C23H17FN2O/c24-18-11-12-21-19(13-18)20(14-22(26-21)17-9-5-2-6-10-17)23(27)25-15-16-7-3-1-4-8-16/h1-14H,15H2,(H,25,27). The van der Waals surface area contributed by atoms with Crippen molar-refractivity contribution in [3.8, 4) is 11.3 Å². The Hall–Kier alpha value is -3.53. The van der Waals surface area contributed by atoms with Gasteiger partial charge in [-0.05, 0) is 29.8 Å². The number of rotatable bonds is 4. The number of nitrogens with one attached hydrogen (secondary N) is 1. The molecule has 4 rings (SSSR count). The van der Waals surface area contributed by atoms with Crippen molar-refractivity contribution in [1.82, 2.24) is 10.3 Å². The van der Waals surface area contributed by atoms with E-state index in [1.54, 1.807) is 12.1 Å². The number of pyridine rings is 1. The van der Waals surface area contributed by atoms with E-state index < -0.39 is 5.82 Å². The molecule has 1 heterocycles. The maximum atomic E-state index is 13.8. The Labute approximate surface area is 156 Å². The molecule has 0 aliphatic carbocycles. The van der Waals surface area contributed by atoms with E-state index in [0.717, 1.165) is 11.1 Å². The number of carbonyl (C=O) groups excluding carboxylic acids is 1. The molecule has 1 aromatic heterocycles. The summed E-state index contributed by atoms with van der Waals surface area (Å²) in [6.07, 6.45) is 0. The van der Waals surface area contributed by atoms with Gasteiger partial charge in [0.2, 0.25) is 0 Å². The Bertz CT molecular complexity index is 1100. The first-order valence-corrected chi connectivity index (χ1v) is 8.68. The second kappa shape index (κ2) is 7.38. The number of hydrogen-bond acceptors (Lipinski definition) is 2. The molecule has 0 aliphatic heterocycles. The lowest BCUT2D eigenvalue weighted by atomic mass is 10.0. The van der Waals surface area contributed by atoms with Crippen LogP contribution < -0.4 is 5.32 Å². The van der Waals surface area contributed by atoms with Gasteiger partial charge < -0.3 is 5.32 Å². The van der Waals surface area contributed by atoms with Crippen LogP contribution in [-0.4, -0.2) is 10.9 Å². The molecule has 0 aliphatic rings. The Morgan fingerprint density at radius 3 is 2.33 bits per heavy atom. The summed E-state index contributed by atoms with van der Waals surface area (Å²) in [5.41, 5.74) is 3.58. The smallest absolute Gasteiger partial charge is 0.252 e. The molecule has 0 unspecified atom stereocenters. The van der Waals surface area contributed by atoms with Crippen LogP contribution in [0, 0.1) is 5.82 Å². The number of benzene rings is 3. The average molecular weight is 356 g/mol. The summed E-state index contributed by atoms with van der Waals surface area (Å²) in [6.45, 7) is 0.402. The zero-order chi connectivity index (χ0) is 18.6. The highest BCUT2D eigenvalue weighted by Crippen LogP contribution is 2.25. The van der Waals surface area contributed by atoms with Gasteiger partial charge in [0.15, 0.2) is 0 Å². The normalized spacial score (nSPS) is 10.7. The highest BCUT2D eigenvalue weighted by Gasteiger charge is 2.14. The highest BCUT2D eigenvalue weighted by molar-refractivity contribution is 6.07. The molecular weight excluding hydrogens is 339 g/mol. The van der Waals surface area contributed by atoms with E-state index in [-0.39, 0.29) is 5.91 Å². The molecule has 0 saturated heterocycles. The summed E-state index contributed by atoms with van der Waals surface area (Å²) in [7, 11) is 0. The molecule has 0 atom stereocenters. The topological polar surface area (TPSA) is 42.0 Å². The highest BCUT2D eigenvalue weighted by atomic mass is 19.1. The maximum Gasteiger partial charge on any atom is 0.252 e. The fourth-order valence-corrected chi connectivity index (χ4v) is 3.02. The molecule has 1 amide bonds. The Morgan fingerprint density at radius 2 is 1.59 bits per heavy atom. The number of fused-ring (bicyclic) bond motifs is 1. The summed E-state index contributed by atoms with van der Waals surface area (Å²) in [5.74, 6) is -0.650. The lowest BCUT2D eigenvalue weighted by molar-refractivity contribution is 0.0952. The van der Waals surface area contributed by atoms with E-state index in [9.17, 15) is 9.18 Å². The lowest BCUT2D eigenvalue weighted by Crippen LogP contribution is -2.23.